The van der Waals surface area contributed by atoms with Gasteiger partial charge in [-0.3, -0.25) is 0 Å². The molecule has 1 N–H and O–H groups in total. The average Bonchev–Trinajstić information content (AvgIpc) is 2.59. The SMILES string of the molecule is COCCS(=O)(=O)NCC1CCC(Cl)C1. The van der Waals surface area contributed by atoms with Crippen molar-refractivity contribution in [3.05, 3.63) is 0 Å². The highest BCUT2D eigenvalue weighted by atomic mass is 35.5. The maximum absolute atomic E-state index is 11.4. The zero-order valence-corrected chi connectivity index (χ0v) is 10.5. The number of rotatable bonds is 6. The van der Waals surface area contributed by atoms with Crippen molar-refractivity contribution in [1.82, 2.24) is 4.72 Å². The van der Waals surface area contributed by atoms with Crippen molar-refractivity contribution < 1.29 is 13.2 Å². The van der Waals surface area contributed by atoms with E-state index < -0.39 is 10.0 Å². The van der Waals surface area contributed by atoms with Crippen LogP contribution in [0.1, 0.15) is 19.3 Å². The van der Waals surface area contributed by atoms with Gasteiger partial charge in [0.05, 0.1) is 12.4 Å². The van der Waals surface area contributed by atoms with E-state index in [0.29, 0.717) is 12.5 Å². The summed E-state index contributed by atoms with van der Waals surface area (Å²) in [6, 6.07) is 0. The van der Waals surface area contributed by atoms with Crippen LogP contribution in [0.5, 0.6) is 0 Å². The third kappa shape index (κ3) is 5.15. The number of ether oxygens (including phenoxy) is 1. The standard InChI is InChI=1S/C9H18ClNO3S/c1-14-4-5-15(12,13)11-7-8-2-3-9(10)6-8/h8-9,11H,2-7H2,1H3. The molecule has 1 rings (SSSR count). The normalized spacial score (nSPS) is 27.1. The summed E-state index contributed by atoms with van der Waals surface area (Å²) in [6.07, 6.45) is 2.92. The third-order valence-electron chi connectivity index (χ3n) is 2.63. The van der Waals surface area contributed by atoms with E-state index in [0.717, 1.165) is 19.3 Å². The van der Waals surface area contributed by atoms with Gasteiger partial charge in [-0.1, -0.05) is 0 Å². The Labute approximate surface area is 96.4 Å². The number of halogens is 1. The Kier molecular flexibility index (Phi) is 5.32. The van der Waals surface area contributed by atoms with Crippen LogP contribution in [0.2, 0.25) is 0 Å². The summed E-state index contributed by atoms with van der Waals surface area (Å²) in [5.74, 6) is 0.422. The first-order valence-corrected chi connectivity index (χ1v) is 7.22. The van der Waals surface area contributed by atoms with E-state index in [-0.39, 0.29) is 17.7 Å². The van der Waals surface area contributed by atoms with E-state index in [1.807, 2.05) is 0 Å². The second-order valence-corrected chi connectivity index (χ2v) is 6.48. The lowest BCUT2D eigenvalue weighted by Gasteiger charge is -2.10. The maximum Gasteiger partial charge on any atom is 0.213 e. The molecule has 4 nitrogen and oxygen atoms in total. The first kappa shape index (κ1) is 13.2. The highest BCUT2D eigenvalue weighted by Crippen LogP contribution is 2.28. The van der Waals surface area contributed by atoms with E-state index in [9.17, 15) is 8.42 Å². The van der Waals surface area contributed by atoms with Crippen molar-refractivity contribution in [3.63, 3.8) is 0 Å². The monoisotopic (exact) mass is 255 g/mol. The Hall–Kier alpha value is 0.160. The van der Waals surface area contributed by atoms with Gasteiger partial charge in [0.2, 0.25) is 10.0 Å². The first-order valence-electron chi connectivity index (χ1n) is 5.14. The lowest BCUT2D eigenvalue weighted by Crippen LogP contribution is -2.32. The van der Waals surface area contributed by atoms with E-state index >= 15 is 0 Å². The van der Waals surface area contributed by atoms with Gasteiger partial charge >= 0.3 is 0 Å². The fourth-order valence-electron chi connectivity index (χ4n) is 1.71. The zero-order valence-electron chi connectivity index (χ0n) is 8.91. The Bertz CT molecular complexity index is 281. The molecule has 0 aromatic rings. The lowest BCUT2D eigenvalue weighted by atomic mass is 10.1. The van der Waals surface area contributed by atoms with Crippen LogP contribution in [0, 0.1) is 5.92 Å². The number of nitrogens with one attached hydrogen (secondary N) is 1. The molecule has 1 saturated carbocycles. The van der Waals surface area contributed by atoms with Crippen LogP contribution in [-0.2, 0) is 14.8 Å². The molecule has 1 aliphatic rings. The molecule has 0 bridgehead atoms. The number of hydrogen-bond donors (Lipinski definition) is 1. The Morgan fingerprint density at radius 2 is 2.20 bits per heavy atom. The second kappa shape index (κ2) is 6.03. The summed E-state index contributed by atoms with van der Waals surface area (Å²) in [6.45, 7) is 0.743. The smallest absolute Gasteiger partial charge is 0.213 e. The molecule has 90 valence electrons. The molecule has 6 heteroatoms. The average molecular weight is 256 g/mol. The quantitative estimate of drug-likeness (QED) is 0.720. The van der Waals surface area contributed by atoms with Crippen molar-refractivity contribution in [2.75, 3.05) is 26.0 Å². The Morgan fingerprint density at radius 3 is 2.73 bits per heavy atom. The summed E-state index contributed by atoms with van der Waals surface area (Å²) < 4.78 is 30.1. The molecule has 0 aliphatic heterocycles. The fourth-order valence-corrected chi connectivity index (χ4v) is 3.11. The van der Waals surface area contributed by atoms with Gasteiger partial charge in [0.1, 0.15) is 0 Å². The molecule has 2 atom stereocenters. The molecular formula is C9H18ClNO3S. The second-order valence-electron chi connectivity index (χ2n) is 3.94. The highest BCUT2D eigenvalue weighted by molar-refractivity contribution is 7.89. The summed E-state index contributed by atoms with van der Waals surface area (Å²) in [5, 5.41) is 0.221. The predicted octanol–water partition coefficient (Wildman–Crippen LogP) is 0.960. The van der Waals surface area contributed by atoms with Crippen LogP contribution < -0.4 is 4.72 Å². The molecule has 1 fully saturated rings. The van der Waals surface area contributed by atoms with Crippen LogP contribution >= 0.6 is 11.6 Å². The Balaban J connectivity index is 2.24. The fraction of sp³-hybridized carbons (Fsp3) is 1.00. The van der Waals surface area contributed by atoms with Gasteiger partial charge in [-0.05, 0) is 25.2 Å². The minimum atomic E-state index is -3.17. The topological polar surface area (TPSA) is 55.4 Å². The van der Waals surface area contributed by atoms with Crippen molar-refractivity contribution >= 4 is 21.6 Å². The van der Waals surface area contributed by atoms with Gasteiger partial charge in [0, 0.05) is 19.0 Å². The number of hydrogen-bond acceptors (Lipinski definition) is 3. The summed E-state index contributed by atoms with van der Waals surface area (Å²) in [7, 11) is -1.68. The molecular weight excluding hydrogens is 238 g/mol. The van der Waals surface area contributed by atoms with Crippen LogP contribution in [-0.4, -0.2) is 39.8 Å². The van der Waals surface area contributed by atoms with E-state index in [2.05, 4.69) is 4.72 Å². The molecule has 0 amide bonds. The molecule has 0 saturated heterocycles. The zero-order chi connectivity index (χ0) is 11.3. The maximum atomic E-state index is 11.4. The van der Waals surface area contributed by atoms with Crippen molar-refractivity contribution in [1.29, 1.82) is 0 Å². The molecule has 1 aliphatic carbocycles. The van der Waals surface area contributed by atoms with Gasteiger partial charge < -0.3 is 4.74 Å². The number of sulfonamides is 1. The Morgan fingerprint density at radius 1 is 1.47 bits per heavy atom. The van der Waals surface area contributed by atoms with Gasteiger partial charge in [-0.15, -0.1) is 11.6 Å². The third-order valence-corrected chi connectivity index (χ3v) is 4.33. The van der Waals surface area contributed by atoms with Crippen LogP contribution in [0.15, 0.2) is 0 Å². The molecule has 0 aromatic carbocycles. The minimum Gasteiger partial charge on any atom is -0.384 e. The van der Waals surface area contributed by atoms with Gasteiger partial charge in [0.15, 0.2) is 0 Å². The minimum absolute atomic E-state index is 0.0283. The van der Waals surface area contributed by atoms with Crippen LogP contribution in [0.4, 0.5) is 0 Å². The van der Waals surface area contributed by atoms with Crippen LogP contribution in [0.3, 0.4) is 0 Å². The van der Waals surface area contributed by atoms with Gasteiger partial charge in [-0.25, -0.2) is 13.1 Å². The van der Waals surface area contributed by atoms with E-state index in [1.54, 1.807) is 0 Å². The number of alkyl halides is 1. The predicted molar refractivity (Wildman–Crippen MR) is 60.6 cm³/mol. The molecule has 0 aromatic heterocycles. The largest absolute Gasteiger partial charge is 0.384 e. The van der Waals surface area contributed by atoms with Crippen molar-refractivity contribution in [3.8, 4) is 0 Å². The molecule has 0 heterocycles. The van der Waals surface area contributed by atoms with Crippen LogP contribution in [0.25, 0.3) is 0 Å². The summed E-state index contributed by atoms with van der Waals surface area (Å²) >= 11 is 5.94. The van der Waals surface area contributed by atoms with Crippen molar-refractivity contribution in [2.45, 2.75) is 24.6 Å². The number of methoxy groups -OCH3 is 1. The first-order chi connectivity index (χ1) is 7.03. The molecule has 0 spiro atoms. The molecule has 15 heavy (non-hydrogen) atoms. The molecule has 0 radical (unpaired) electrons. The van der Waals surface area contributed by atoms with Crippen molar-refractivity contribution in [2.24, 2.45) is 5.92 Å². The highest BCUT2D eigenvalue weighted by Gasteiger charge is 2.24. The van der Waals surface area contributed by atoms with Gasteiger partial charge in [-0.2, -0.15) is 0 Å². The van der Waals surface area contributed by atoms with E-state index in [1.165, 1.54) is 7.11 Å². The van der Waals surface area contributed by atoms with Gasteiger partial charge in [0.25, 0.3) is 0 Å². The lowest BCUT2D eigenvalue weighted by molar-refractivity contribution is 0.217. The van der Waals surface area contributed by atoms with E-state index in [4.69, 9.17) is 16.3 Å². The molecule has 2 unspecified atom stereocenters. The summed E-state index contributed by atoms with van der Waals surface area (Å²) in [5.41, 5.74) is 0. The summed E-state index contributed by atoms with van der Waals surface area (Å²) in [4.78, 5) is 0.